The Morgan fingerprint density at radius 2 is 1.50 bits per heavy atom. The van der Waals surface area contributed by atoms with Crippen molar-refractivity contribution in [3.63, 3.8) is 0 Å². The molecule has 1 nitrogen and oxygen atoms in total. The summed E-state index contributed by atoms with van der Waals surface area (Å²) >= 11 is 0. The molecule has 28 heavy (non-hydrogen) atoms. The van der Waals surface area contributed by atoms with Gasteiger partial charge in [0.25, 0.3) is 0 Å². The molecule has 4 heteroatoms. The number of hydrogen-bond donors (Lipinski definition) is 0. The van der Waals surface area contributed by atoms with Gasteiger partial charge in [-0.1, -0.05) is 62.4 Å². The molecule has 2 fully saturated rings. The van der Waals surface area contributed by atoms with Crippen LogP contribution in [0.2, 0.25) is 6.04 Å². The largest absolute Gasteiger partial charge is 0.490 e. The lowest BCUT2D eigenvalue weighted by Crippen LogP contribution is -2.27. The quantitative estimate of drug-likeness (QED) is 0.483. The highest BCUT2D eigenvalue weighted by Gasteiger charge is 2.30. The van der Waals surface area contributed by atoms with Gasteiger partial charge in [-0.05, 0) is 61.5 Å². The molecule has 0 radical (unpaired) electrons. The van der Waals surface area contributed by atoms with Crippen molar-refractivity contribution < 1.29 is 13.5 Å². The summed E-state index contributed by atoms with van der Waals surface area (Å²) < 4.78 is 30.3. The van der Waals surface area contributed by atoms with Gasteiger partial charge < -0.3 is 4.74 Å². The molecule has 0 aromatic heterocycles. The summed E-state index contributed by atoms with van der Waals surface area (Å²) in [5.74, 6) is 4.62. The van der Waals surface area contributed by atoms with Gasteiger partial charge in [0.1, 0.15) is 19.0 Å². The van der Waals surface area contributed by atoms with Crippen molar-refractivity contribution >= 4 is 14.7 Å². The zero-order valence-corrected chi connectivity index (χ0v) is 19.0. The molecule has 1 aromatic rings. The maximum Gasteiger partial charge on any atom is 0.162 e. The summed E-state index contributed by atoms with van der Waals surface area (Å²) in [6, 6.07) is 9.49. The van der Waals surface area contributed by atoms with Crippen LogP contribution in [0.5, 0.6) is 5.75 Å². The van der Waals surface area contributed by atoms with Gasteiger partial charge in [-0.2, -0.15) is 0 Å². The summed E-state index contributed by atoms with van der Waals surface area (Å²) in [5.41, 5.74) is 0. The molecule has 158 valence electrons. The molecule has 0 heterocycles. The van der Waals surface area contributed by atoms with Gasteiger partial charge in [-0.25, -0.2) is 8.78 Å². The van der Waals surface area contributed by atoms with Crippen LogP contribution < -0.4 is 9.92 Å². The highest BCUT2D eigenvalue weighted by Crippen LogP contribution is 2.42. The van der Waals surface area contributed by atoms with E-state index in [0.717, 1.165) is 23.7 Å². The Morgan fingerprint density at radius 1 is 0.929 bits per heavy atom. The second kappa shape index (κ2) is 11.3. The summed E-state index contributed by atoms with van der Waals surface area (Å²) in [6.45, 7) is 1.18. The third kappa shape index (κ3) is 6.57. The molecular weight excluding hydrogens is 370 g/mol. The van der Waals surface area contributed by atoms with Crippen molar-refractivity contribution in [2.24, 2.45) is 23.7 Å². The van der Waals surface area contributed by atoms with Crippen LogP contribution in [0.25, 0.3) is 0 Å². The number of benzene rings is 1. The van der Waals surface area contributed by atoms with Crippen molar-refractivity contribution in [1.82, 2.24) is 0 Å². The summed E-state index contributed by atoms with van der Waals surface area (Å²) in [4.78, 5) is 0. The zero-order chi connectivity index (χ0) is 19.8. The minimum Gasteiger partial charge on any atom is -0.490 e. The smallest absolute Gasteiger partial charge is 0.162 e. The van der Waals surface area contributed by atoms with Crippen molar-refractivity contribution in [3.05, 3.63) is 24.3 Å². The number of rotatable bonds is 9. The van der Waals surface area contributed by atoms with Gasteiger partial charge in [-0.3, -0.25) is 0 Å². The second-order valence-electron chi connectivity index (χ2n) is 9.22. The Bertz CT molecular complexity index is 548. The molecule has 2 aliphatic rings. The number of alkyl halides is 2. The van der Waals surface area contributed by atoms with Gasteiger partial charge in [0.15, 0.2) is 6.17 Å². The first-order chi connectivity index (χ1) is 13.7. The normalized spacial score (nSPS) is 29.8. The first-order valence-corrected chi connectivity index (χ1v) is 13.3. The molecule has 0 spiro atoms. The van der Waals surface area contributed by atoms with Crippen LogP contribution >= 0.6 is 0 Å². The summed E-state index contributed by atoms with van der Waals surface area (Å²) in [7, 11) is -0.246. The van der Waals surface area contributed by atoms with Crippen LogP contribution in [-0.2, 0) is 0 Å². The maximum atomic E-state index is 12.9. The van der Waals surface area contributed by atoms with Crippen molar-refractivity contribution in [3.8, 4) is 5.75 Å². The van der Waals surface area contributed by atoms with E-state index in [4.69, 9.17) is 4.74 Å². The van der Waals surface area contributed by atoms with Crippen molar-refractivity contribution in [1.29, 1.82) is 0 Å². The van der Waals surface area contributed by atoms with Crippen LogP contribution in [-0.4, -0.2) is 29.0 Å². The van der Waals surface area contributed by atoms with E-state index in [-0.39, 0.29) is 16.1 Å². The van der Waals surface area contributed by atoms with Crippen LogP contribution in [0, 0.1) is 23.7 Å². The molecule has 0 aliphatic heterocycles. The number of ether oxygens (including phenoxy) is 1. The summed E-state index contributed by atoms with van der Waals surface area (Å²) in [6.07, 6.45) is 11.6. The SMILES string of the molecule is CCC1CCC(C2CCC(C[SiH2]c3ccc(OCC(F)CF)cc3)CC2)CC1. The fourth-order valence-electron chi connectivity index (χ4n) is 5.37. The summed E-state index contributed by atoms with van der Waals surface area (Å²) in [5, 5.41) is 1.45. The topological polar surface area (TPSA) is 9.23 Å². The minimum atomic E-state index is -1.52. The van der Waals surface area contributed by atoms with Gasteiger partial charge in [0.05, 0.1) is 9.52 Å². The fourth-order valence-corrected chi connectivity index (χ4v) is 7.26. The number of hydrogen-bond acceptors (Lipinski definition) is 1. The van der Waals surface area contributed by atoms with Crippen LogP contribution in [0.3, 0.4) is 0 Å². The van der Waals surface area contributed by atoms with Crippen LogP contribution in [0.1, 0.15) is 64.7 Å². The molecule has 1 aromatic carbocycles. The second-order valence-corrected chi connectivity index (χ2v) is 11.1. The monoisotopic (exact) mass is 408 g/mol. The third-order valence-corrected chi connectivity index (χ3v) is 9.54. The Hall–Kier alpha value is -0.903. The van der Waals surface area contributed by atoms with Gasteiger partial charge in [-0.15, -0.1) is 0 Å². The fraction of sp³-hybridized carbons (Fsp3) is 0.750. The van der Waals surface area contributed by atoms with E-state index >= 15 is 0 Å². The Morgan fingerprint density at radius 3 is 2.04 bits per heavy atom. The van der Waals surface area contributed by atoms with Crippen molar-refractivity contribution in [2.75, 3.05) is 13.3 Å². The zero-order valence-electron chi connectivity index (χ0n) is 17.6. The van der Waals surface area contributed by atoms with E-state index in [1.807, 2.05) is 12.1 Å². The molecule has 0 amide bonds. The first kappa shape index (κ1) is 21.8. The van der Waals surface area contributed by atoms with Crippen LogP contribution in [0.15, 0.2) is 24.3 Å². The first-order valence-electron chi connectivity index (χ1n) is 11.6. The van der Waals surface area contributed by atoms with E-state index in [1.54, 1.807) is 0 Å². The molecule has 0 bridgehead atoms. The van der Waals surface area contributed by atoms with Crippen molar-refractivity contribution in [2.45, 2.75) is 76.9 Å². The van der Waals surface area contributed by atoms with E-state index in [2.05, 4.69) is 19.1 Å². The van der Waals surface area contributed by atoms with Crippen LogP contribution in [0.4, 0.5) is 8.78 Å². The van der Waals surface area contributed by atoms with Gasteiger partial charge in [0, 0.05) is 0 Å². The predicted octanol–water partition coefficient (Wildman–Crippen LogP) is 5.61. The molecule has 3 rings (SSSR count). The number of halogens is 2. The van der Waals surface area contributed by atoms with E-state index in [0.29, 0.717) is 5.75 Å². The standard InChI is InChI=1S/C24H38F2OSi/c1-2-18-3-7-20(8-4-18)21-9-5-19(6-10-21)17-28-24-13-11-23(12-14-24)27-16-22(26)15-25/h11-14,18-22H,2-10,15-17,28H2,1H3. The van der Waals surface area contributed by atoms with Gasteiger partial charge in [0.2, 0.25) is 0 Å². The van der Waals surface area contributed by atoms with Gasteiger partial charge >= 0.3 is 0 Å². The molecule has 2 aliphatic carbocycles. The predicted molar refractivity (Wildman–Crippen MR) is 117 cm³/mol. The average molecular weight is 409 g/mol. The lowest BCUT2D eigenvalue weighted by atomic mass is 9.69. The minimum absolute atomic E-state index is 0.198. The Labute approximate surface area is 172 Å². The van der Waals surface area contributed by atoms with E-state index in [9.17, 15) is 8.78 Å². The van der Waals surface area contributed by atoms with E-state index in [1.165, 1.54) is 69.0 Å². The molecule has 0 saturated heterocycles. The third-order valence-electron chi connectivity index (χ3n) is 7.39. The highest BCUT2D eigenvalue weighted by molar-refractivity contribution is 6.53. The lowest BCUT2D eigenvalue weighted by Gasteiger charge is -2.37. The molecule has 1 unspecified atom stereocenters. The average Bonchev–Trinajstić information content (AvgIpc) is 2.77. The molecular formula is C24H38F2OSi. The van der Waals surface area contributed by atoms with E-state index < -0.39 is 12.8 Å². The Kier molecular flexibility index (Phi) is 8.82. The molecule has 1 atom stereocenters. The molecule has 0 N–H and O–H groups in total. The molecule has 2 saturated carbocycles. The highest BCUT2D eigenvalue weighted by atomic mass is 28.2. The maximum absolute atomic E-state index is 12.9. The lowest BCUT2D eigenvalue weighted by molar-refractivity contribution is 0.149. The Balaban J connectivity index is 1.34.